The molecule has 0 fully saturated rings. The van der Waals surface area contributed by atoms with Gasteiger partial charge in [0.15, 0.2) is 15.0 Å². The van der Waals surface area contributed by atoms with Crippen molar-refractivity contribution in [1.29, 1.82) is 0 Å². The molecule has 6 nitrogen and oxygen atoms in total. The highest BCUT2D eigenvalue weighted by atomic mass is 79.9. The molecule has 0 bridgehead atoms. The Bertz CT molecular complexity index is 1150. The number of sulfone groups is 1. The van der Waals surface area contributed by atoms with Gasteiger partial charge in [-0.15, -0.1) is 12.4 Å². The SMILES string of the molecule is CCN(CC)CCN(C(=O)c1ccc(Br)cc1)c1nc2ccc(S(C)(=O)=O)cc2s1.Cl. The topological polar surface area (TPSA) is 70.6 Å². The molecule has 3 aromatic rings. The number of hydrogen-bond acceptors (Lipinski definition) is 6. The first-order valence-corrected chi connectivity index (χ1v) is 13.1. The first-order chi connectivity index (χ1) is 14.2. The molecule has 2 aromatic carbocycles. The fraction of sp³-hybridized carbons (Fsp3) is 0.333. The largest absolute Gasteiger partial charge is 0.302 e. The van der Waals surface area contributed by atoms with Crippen molar-refractivity contribution in [3.63, 3.8) is 0 Å². The molecule has 3 rings (SSSR count). The van der Waals surface area contributed by atoms with Gasteiger partial charge in [0.25, 0.3) is 5.91 Å². The molecule has 0 atom stereocenters. The van der Waals surface area contributed by atoms with E-state index < -0.39 is 9.84 Å². The zero-order valence-electron chi connectivity index (χ0n) is 17.5. The molecule has 168 valence electrons. The maximum atomic E-state index is 13.3. The van der Waals surface area contributed by atoms with Crippen LogP contribution in [0.5, 0.6) is 0 Å². The second-order valence-corrected chi connectivity index (χ2v) is 10.8. The number of anilines is 1. The van der Waals surface area contributed by atoms with Crippen molar-refractivity contribution < 1.29 is 13.2 Å². The van der Waals surface area contributed by atoms with E-state index in [9.17, 15) is 13.2 Å². The average Bonchev–Trinajstić information content (AvgIpc) is 3.13. The fourth-order valence-electron chi connectivity index (χ4n) is 3.05. The van der Waals surface area contributed by atoms with Crippen LogP contribution in [0, 0.1) is 0 Å². The van der Waals surface area contributed by atoms with Gasteiger partial charge in [0, 0.05) is 29.4 Å². The number of likely N-dealkylation sites (N-methyl/N-ethyl adjacent to an activating group) is 1. The maximum absolute atomic E-state index is 13.3. The van der Waals surface area contributed by atoms with E-state index in [4.69, 9.17) is 0 Å². The Morgan fingerprint density at radius 3 is 2.29 bits per heavy atom. The van der Waals surface area contributed by atoms with Crippen molar-refractivity contribution >= 4 is 70.8 Å². The summed E-state index contributed by atoms with van der Waals surface area (Å²) in [7, 11) is -3.31. The highest BCUT2D eigenvalue weighted by Gasteiger charge is 2.22. The quantitative estimate of drug-likeness (QED) is 0.403. The van der Waals surface area contributed by atoms with Crippen molar-refractivity contribution in [2.45, 2.75) is 18.7 Å². The van der Waals surface area contributed by atoms with Gasteiger partial charge in [0.2, 0.25) is 0 Å². The van der Waals surface area contributed by atoms with Gasteiger partial charge in [-0.25, -0.2) is 13.4 Å². The van der Waals surface area contributed by atoms with Crippen LogP contribution in [0.1, 0.15) is 24.2 Å². The lowest BCUT2D eigenvalue weighted by atomic mass is 10.2. The summed E-state index contributed by atoms with van der Waals surface area (Å²) in [5.74, 6) is -0.128. The van der Waals surface area contributed by atoms with Crippen LogP contribution in [-0.4, -0.2) is 56.6 Å². The molecular formula is C21H25BrClN3O3S2. The summed E-state index contributed by atoms with van der Waals surface area (Å²) in [5, 5.41) is 0.565. The molecule has 0 aliphatic heterocycles. The summed E-state index contributed by atoms with van der Waals surface area (Å²) >= 11 is 4.73. The van der Waals surface area contributed by atoms with Gasteiger partial charge in [-0.3, -0.25) is 9.69 Å². The lowest BCUT2D eigenvalue weighted by molar-refractivity contribution is 0.0983. The van der Waals surface area contributed by atoms with E-state index in [0.29, 0.717) is 22.8 Å². The monoisotopic (exact) mass is 545 g/mol. The van der Waals surface area contributed by atoms with Crippen molar-refractivity contribution in [3.05, 3.63) is 52.5 Å². The number of amides is 1. The Balaban J connectivity index is 0.00000341. The normalized spacial score (nSPS) is 11.5. The van der Waals surface area contributed by atoms with Gasteiger partial charge < -0.3 is 4.90 Å². The number of aromatic nitrogens is 1. The van der Waals surface area contributed by atoms with E-state index in [0.717, 1.165) is 28.8 Å². The molecule has 0 saturated carbocycles. The molecule has 0 unspecified atom stereocenters. The summed E-state index contributed by atoms with van der Waals surface area (Å²) in [6.07, 6.45) is 1.18. The number of hydrogen-bond donors (Lipinski definition) is 0. The Kier molecular flexibility index (Phi) is 9.03. The number of carbonyl (C=O) groups excluding carboxylic acids is 1. The molecule has 0 N–H and O–H groups in total. The van der Waals surface area contributed by atoms with E-state index in [2.05, 4.69) is 39.7 Å². The number of thiazole rings is 1. The van der Waals surface area contributed by atoms with Crippen LogP contribution in [0.3, 0.4) is 0 Å². The molecular weight excluding hydrogens is 522 g/mol. The summed E-state index contributed by atoms with van der Waals surface area (Å²) in [5.41, 5.74) is 1.26. The molecule has 0 radical (unpaired) electrons. The van der Waals surface area contributed by atoms with Gasteiger partial charge in [-0.05, 0) is 55.6 Å². The third-order valence-corrected chi connectivity index (χ3v) is 7.56. The van der Waals surface area contributed by atoms with Crippen LogP contribution in [0.2, 0.25) is 0 Å². The summed E-state index contributed by atoms with van der Waals surface area (Å²) in [4.78, 5) is 22.1. The van der Waals surface area contributed by atoms with Gasteiger partial charge >= 0.3 is 0 Å². The van der Waals surface area contributed by atoms with Crippen LogP contribution in [0.25, 0.3) is 10.2 Å². The van der Waals surface area contributed by atoms with Crippen molar-refractivity contribution in [3.8, 4) is 0 Å². The standard InChI is InChI=1S/C21H24BrN3O3S2.ClH/c1-4-24(5-2)12-13-25(20(26)15-6-8-16(22)9-7-15)21-23-18-11-10-17(30(3,27)28)14-19(18)29-21;/h6-11,14H,4-5,12-13H2,1-3H3;1H. The van der Waals surface area contributed by atoms with Crippen LogP contribution in [0.4, 0.5) is 5.13 Å². The number of halogens is 2. The molecule has 31 heavy (non-hydrogen) atoms. The zero-order valence-corrected chi connectivity index (χ0v) is 21.6. The van der Waals surface area contributed by atoms with E-state index in [1.54, 1.807) is 35.2 Å². The van der Waals surface area contributed by atoms with E-state index >= 15 is 0 Å². The minimum absolute atomic E-state index is 0. The Hall–Kier alpha value is -1.52. The number of rotatable bonds is 8. The summed E-state index contributed by atoms with van der Waals surface area (Å²) in [6, 6.07) is 12.1. The van der Waals surface area contributed by atoms with Gasteiger partial charge in [-0.2, -0.15) is 0 Å². The maximum Gasteiger partial charge on any atom is 0.260 e. The van der Waals surface area contributed by atoms with Gasteiger partial charge in [-0.1, -0.05) is 41.1 Å². The Morgan fingerprint density at radius 2 is 1.71 bits per heavy atom. The first-order valence-electron chi connectivity index (χ1n) is 9.63. The van der Waals surface area contributed by atoms with Crippen molar-refractivity contribution in [1.82, 2.24) is 9.88 Å². The third kappa shape index (κ3) is 6.26. The van der Waals surface area contributed by atoms with Crippen molar-refractivity contribution in [2.75, 3.05) is 37.3 Å². The molecule has 0 saturated heterocycles. The lowest BCUT2D eigenvalue weighted by Crippen LogP contribution is -2.38. The molecule has 1 amide bonds. The first kappa shape index (κ1) is 25.7. The van der Waals surface area contributed by atoms with Crippen LogP contribution in [0.15, 0.2) is 51.8 Å². The van der Waals surface area contributed by atoms with Crippen LogP contribution in [-0.2, 0) is 9.84 Å². The second kappa shape index (κ2) is 10.9. The molecule has 1 aromatic heterocycles. The number of benzene rings is 2. The average molecular weight is 547 g/mol. The van der Waals surface area contributed by atoms with Crippen molar-refractivity contribution in [2.24, 2.45) is 0 Å². The van der Waals surface area contributed by atoms with E-state index in [1.165, 1.54) is 17.6 Å². The van der Waals surface area contributed by atoms with E-state index in [1.807, 2.05) is 12.1 Å². The summed E-state index contributed by atoms with van der Waals surface area (Å²) in [6.45, 7) is 7.20. The fourth-order valence-corrected chi connectivity index (χ4v) is 5.07. The number of fused-ring (bicyclic) bond motifs is 1. The lowest BCUT2D eigenvalue weighted by Gasteiger charge is -2.24. The molecule has 0 spiro atoms. The number of carbonyl (C=O) groups is 1. The third-order valence-electron chi connectivity index (χ3n) is 4.88. The Morgan fingerprint density at radius 1 is 1.06 bits per heavy atom. The van der Waals surface area contributed by atoms with Gasteiger partial charge in [0.05, 0.1) is 15.1 Å². The van der Waals surface area contributed by atoms with Gasteiger partial charge in [0.1, 0.15) is 0 Å². The molecule has 1 heterocycles. The minimum atomic E-state index is -3.31. The predicted octanol–water partition coefficient (Wildman–Crippen LogP) is 4.87. The van der Waals surface area contributed by atoms with E-state index in [-0.39, 0.29) is 23.2 Å². The smallest absolute Gasteiger partial charge is 0.260 e. The highest BCUT2D eigenvalue weighted by Crippen LogP contribution is 2.31. The summed E-state index contributed by atoms with van der Waals surface area (Å²) < 4.78 is 25.4. The van der Waals surface area contributed by atoms with Crippen LogP contribution >= 0.6 is 39.7 Å². The second-order valence-electron chi connectivity index (χ2n) is 6.89. The zero-order chi connectivity index (χ0) is 21.9. The molecule has 10 heteroatoms. The minimum Gasteiger partial charge on any atom is -0.302 e. The predicted molar refractivity (Wildman–Crippen MR) is 134 cm³/mol. The highest BCUT2D eigenvalue weighted by molar-refractivity contribution is 9.10. The Labute approximate surface area is 201 Å². The number of nitrogens with zero attached hydrogens (tertiary/aromatic N) is 3. The molecule has 0 aliphatic rings. The van der Waals surface area contributed by atoms with Crippen LogP contribution < -0.4 is 4.90 Å². The molecule has 0 aliphatic carbocycles.